The summed E-state index contributed by atoms with van der Waals surface area (Å²) in [5.41, 5.74) is 0.901. The zero-order valence-corrected chi connectivity index (χ0v) is 14.9. The molecule has 144 valence electrons. The van der Waals surface area contributed by atoms with E-state index in [9.17, 15) is 14.0 Å². The smallest absolute Gasteiger partial charge is 0.407 e. The Morgan fingerprint density at radius 1 is 1.19 bits per heavy atom. The summed E-state index contributed by atoms with van der Waals surface area (Å²) in [7, 11) is 1.72. The summed E-state index contributed by atoms with van der Waals surface area (Å²) < 4.78 is 15.6. The number of hydrogen-bond acceptors (Lipinski definition) is 4. The molecule has 27 heavy (non-hydrogen) atoms. The molecular formula is C17H21FN6O3. The Hall–Kier alpha value is -3.14. The lowest BCUT2D eigenvalue weighted by molar-refractivity contribution is 0.103. The highest BCUT2D eigenvalue weighted by Crippen LogP contribution is 2.18. The summed E-state index contributed by atoms with van der Waals surface area (Å²) in [6.07, 6.45) is 0.767. The molecule has 10 heteroatoms. The summed E-state index contributed by atoms with van der Waals surface area (Å²) in [6, 6.07) is 5.58. The van der Waals surface area contributed by atoms with Gasteiger partial charge >= 0.3 is 12.1 Å². The molecule has 1 aliphatic rings. The number of urea groups is 1. The Labute approximate surface area is 155 Å². The van der Waals surface area contributed by atoms with E-state index in [1.165, 1.54) is 11.0 Å². The number of nitrogens with zero attached hydrogens (tertiary/aromatic N) is 4. The van der Waals surface area contributed by atoms with Crippen molar-refractivity contribution >= 4 is 23.6 Å². The normalized spacial score (nSPS) is 14.8. The first-order valence-corrected chi connectivity index (χ1v) is 8.47. The number of carboxylic acid groups (broad SMARTS) is 1. The van der Waals surface area contributed by atoms with Gasteiger partial charge in [-0.1, -0.05) is 6.07 Å². The van der Waals surface area contributed by atoms with E-state index in [1.807, 2.05) is 0 Å². The molecule has 2 heterocycles. The van der Waals surface area contributed by atoms with Gasteiger partial charge in [0.05, 0.1) is 5.69 Å². The molecule has 0 aliphatic carbocycles. The fourth-order valence-electron chi connectivity index (χ4n) is 2.87. The second-order valence-electron chi connectivity index (χ2n) is 6.31. The molecule has 1 saturated heterocycles. The maximum absolute atomic E-state index is 14.0. The van der Waals surface area contributed by atoms with E-state index in [-0.39, 0.29) is 5.69 Å². The fourth-order valence-corrected chi connectivity index (χ4v) is 2.87. The van der Waals surface area contributed by atoms with E-state index < -0.39 is 17.9 Å². The lowest BCUT2D eigenvalue weighted by Gasteiger charge is -2.33. The van der Waals surface area contributed by atoms with Crippen LogP contribution in [0, 0.1) is 5.82 Å². The molecule has 3 rings (SSSR count). The molecule has 0 bridgehead atoms. The van der Waals surface area contributed by atoms with Gasteiger partial charge in [0, 0.05) is 52.0 Å². The SMILES string of the molecule is Cn1ccc(NC(=O)Nc2cc(CN3CCN(C(=O)O)CC3)ccc2F)n1. The van der Waals surface area contributed by atoms with Crippen LogP contribution in [-0.4, -0.2) is 63.0 Å². The zero-order valence-electron chi connectivity index (χ0n) is 14.9. The van der Waals surface area contributed by atoms with Gasteiger partial charge in [-0.2, -0.15) is 5.10 Å². The van der Waals surface area contributed by atoms with Crippen molar-refractivity contribution < 1.29 is 19.1 Å². The molecule has 0 spiro atoms. The number of anilines is 2. The fraction of sp³-hybridized carbons (Fsp3) is 0.353. The van der Waals surface area contributed by atoms with Crippen LogP contribution in [0.15, 0.2) is 30.5 Å². The Kier molecular flexibility index (Phi) is 5.55. The maximum atomic E-state index is 14.0. The molecule has 1 aromatic heterocycles. The third-order valence-corrected chi connectivity index (χ3v) is 4.28. The number of halogens is 1. The second-order valence-corrected chi connectivity index (χ2v) is 6.31. The van der Waals surface area contributed by atoms with Crippen LogP contribution in [0.2, 0.25) is 0 Å². The average Bonchev–Trinajstić information content (AvgIpc) is 3.03. The van der Waals surface area contributed by atoms with Crippen molar-refractivity contribution in [3.63, 3.8) is 0 Å². The molecule has 0 radical (unpaired) electrons. The Bertz CT molecular complexity index is 832. The first-order valence-electron chi connectivity index (χ1n) is 8.47. The number of aromatic nitrogens is 2. The Balaban J connectivity index is 1.59. The number of rotatable bonds is 4. The van der Waals surface area contributed by atoms with Crippen LogP contribution in [0.1, 0.15) is 5.56 Å². The molecule has 3 amide bonds. The minimum Gasteiger partial charge on any atom is -0.465 e. The van der Waals surface area contributed by atoms with Crippen molar-refractivity contribution in [3.05, 3.63) is 41.8 Å². The summed E-state index contributed by atoms with van der Waals surface area (Å²) in [5, 5.41) is 18.0. The average molecular weight is 376 g/mol. The molecular weight excluding hydrogens is 355 g/mol. The number of hydrogen-bond donors (Lipinski definition) is 3. The van der Waals surface area contributed by atoms with Crippen molar-refractivity contribution in [3.8, 4) is 0 Å². The van der Waals surface area contributed by atoms with Crippen LogP contribution in [0.25, 0.3) is 0 Å². The van der Waals surface area contributed by atoms with Gasteiger partial charge in [0.25, 0.3) is 0 Å². The lowest BCUT2D eigenvalue weighted by atomic mass is 10.1. The lowest BCUT2D eigenvalue weighted by Crippen LogP contribution is -2.47. The molecule has 1 aliphatic heterocycles. The number of carbonyl (C=O) groups excluding carboxylic acids is 1. The highest BCUT2D eigenvalue weighted by molar-refractivity contribution is 5.99. The van der Waals surface area contributed by atoms with E-state index in [0.717, 1.165) is 5.56 Å². The van der Waals surface area contributed by atoms with Crippen LogP contribution in [0.4, 0.5) is 25.5 Å². The third-order valence-electron chi connectivity index (χ3n) is 4.28. The molecule has 0 atom stereocenters. The largest absolute Gasteiger partial charge is 0.465 e. The Morgan fingerprint density at radius 2 is 1.93 bits per heavy atom. The summed E-state index contributed by atoms with van der Waals surface area (Å²) >= 11 is 0. The van der Waals surface area contributed by atoms with Gasteiger partial charge in [-0.3, -0.25) is 14.9 Å². The van der Waals surface area contributed by atoms with Gasteiger partial charge in [-0.25, -0.2) is 14.0 Å². The predicted octanol–water partition coefficient (Wildman–Crippen LogP) is 2.00. The van der Waals surface area contributed by atoms with E-state index in [0.29, 0.717) is 38.5 Å². The van der Waals surface area contributed by atoms with Crippen molar-refractivity contribution in [2.75, 3.05) is 36.8 Å². The summed E-state index contributed by atoms with van der Waals surface area (Å²) in [6.45, 7) is 2.63. The number of benzene rings is 1. The van der Waals surface area contributed by atoms with Crippen LogP contribution < -0.4 is 10.6 Å². The van der Waals surface area contributed by atoms with Crippen molar-refractivity contribution in [2.24, 2.45) is 7.05 Å². The minimum atomic E-state index is -0.915. The molecule has 1 aromatic carbocycles. The predicted molar refractivity (Wildman–Crippen MR) is 97.1 cm³/mol. The molecule has 0 saturated carbocycles. The van der Waals surface area contributed by atoms with Crippen LogP contribution in [0.3, 0.4) is 0 Å². The molecule has 0 unspecified atom stereocenters. The second kappa shape index (κ2) is 8.04. The number of aryl methyl sites for hydroxylation is 1. The summed E-state index contributed by atoms with van der Waals surface area (Å²) in [4.78, 5) is 26.4. The van der Waals surface area contributed by atoms with Crippen LogP contribution in [-0.2, 0) is 13.6 Å². The molecule has 3 N–H and O–H groups in total. The number of piperazine rings is 1. The highest BCUT2D eigenvalue weighted by Gasteiger charge is 2.20. The van der Waals surface area contributed by atoms with Crippen LogP contribution >= 0.6 is 0 Å². The van der Waals surface area contributed by atoms with Gasteiger partial charge in [-0.15, -0.1) is 0 Å². The maximum Gasteiger partial charge on any atom is 0.407 e. The van der Waals surface area contributed by atoms with Gasteiger partial charge in [0.2, 0.25) is 0 Å². The highest BCUT2D eigenvalue weighted by atomic mass is 19.1. The number of carbonyl (C=O) groups is 2. The molecule has 9 nitrogen and oxygen atoms in total. The first kappa shape index (κ1) is 18.6. The van der Waals surface area contributed by atoms with E-state index in [1.54, 1.807) is 36.1 Å². The Morgan fingerprint density at radius 3 is 2.56 bits per heavy atom. The summed E-state index contributed by atoms with van der Waals surface area (Å²) in [5.74, 6) is -0.173. The minimum absolute atomic E-state index is 0.0742. The topological polar surface area (TPSA) is 103 Å². The standard InChI is InChI=1S/C17H21FN6O3/c1-22-5-4-15(21-22)20-16(25)19-14-10-12(2-3-13(14)18)11-23-6-8-24(9-7-23)17(26)27/h2-5,10H,6-9,11H2,1H3,(H,26,27)(H2,19,20,21,25). The van der Waals surface area contributed by atoms with E-state index in [2.05, 4.69) is 20.6 Å². The first-order chi connectivity index (χ1) is 12.9. The quantitative estimate of drug-likeness (QED) is 0.757. The number of amides is 3. The van der Waals surface area contributed by atoms with Gasteiger partial charge in [-0.05, 0) is 17.7 Å². The van der Waals surface area contributed by atoms with Gasteiger partial charge in [0.1, 0.15) is 5.82 Å². The van der Waals surface area contributed by atoms with Crippen LogP contribution in [0.5, 0.6) is 0 Å². The third kappa shape index (κ3) is 4.94. The van der Waals surface area contributed by atoms with Crippen molar-refractivity contribution in [2.45, 2.75) is 6.54 Å². The van der Waals surface area contributed by atoms with E-state index >= 15 is 0 Å². The van der Waals surface area contributed by atoms with E-state index in [4.69, 9.17) is 5.11 Å². The van der Waals surface area contributed by atoms with Gasteiger partial charge < -0.3 is 15.3 Å². The monoisotopic (exact) mass is 376 g/mol. The van der Waals surface area contributed by atoms with Crippen molar-refractivity contribution in [1.82, 2.24) is 19.6 Å². The van der Waals surface area contributed by atoms with Gasteiger partial charge in [0.15, 0.2) is 5.82 Å². The zero-order chi connectivity index (χ0) is 19.4. The van der Waals surface area contributed by atoms with Crippen molar-refractivity contribution in [1.29, 1.82) is 0 Å². The number of nitrogens with one attached hydrogen (secondary N) is 2. The molecule has 2 aromatic rings. The molecule has 1 fully saturated rings.